The predicted octanol–water partition coefficient (Wildman–Crippen LogP) is 4.38. The first-order chi connectivity index (χ1) is 9.33. The Morgan fingerprint density at radius 3 is 3.05 bits per heavy atom. The summed E-state index contributed by atoms with van der Waals surface area (Å²) in [6, 6.07) is 8.28. The van der Waals surface area contributed by atoms with Gasteiger partial charge in [0.2, 0.25) is 0 Å². The van der Waals surface area contributed by atoms with Gasteiger partial charge >= 0.3 is 0 Å². The number of rotatable bonds is 1. The Morgan fingerprint density at radius 1 is 1.16 bits per heavy atom. The normalized spacial score (nSPS) is 15.9. The fraction of sp³-hybridized carbons (Fsp3) is 0.333. The van der Waals surface area contributed by atoms with Crippen LogP contribution in [0.5, 0.6) is 0 Å². The van der Waals surface area contributed by atoms with Crippen molar-refractivity contribution in [3.05, 3.63) is 34.9 Å². The molecule has 0 atom stereocenters. The minimum atomic E-state index is 0.937. The molecule has 3 nitrogen and oxygen atoms in total. The molecular weight excluding hydrogens is 302 g/mol. The van der Waals surface area contributed by atoms with Gasteiger partial charge in [0.25, 0.3) is 0 Å². The highest BCUT2D eigenvalue weighted by molar-refractivity contribution is 9.10. The van der Waals surface area contributed by atoms with Gasteiger partial charge in [0.05, 0.1) is 11.2 Å². The average molecular weight is 318 g/mol. The van der Waals surface area contributed by atoms with E-state index < -0.39 is 0 Å². The van der Waals surface area contributed by atoms with Crippen LogP contribution in [-0.4, -0.2) is 17.4 Å². The van der Waals surface area contributed by atoms with Gasteiger partial charge in [0.1, 0.15) is 5.84 Å². The fourth-order valence-corrected chi connectivity index (χ4v) is 2.72. The van der Waals surface area contributed by atoms with Gasteiger partial charge < -0.3 is 5.32 Å². The van der Waals surface area contributed by atoms with Gasteiger partial charge in [-0.1, -0.05) is 18.6 Å². The molecule has 4 heteroatoms. The van der Waals surface area contributed by atoms with E-state index in [1.54, 1.807) is 0 Å². The second kappa shape index (κ2) is 5.70. The summed E-state index contributed by atoms with van der Waals surface area (Å²) in [6.07, 6.45) is 6.56. The van der Waals surface area contributed by atoms with E-state index in [0.717, 1.165) is 39.9 Å². The fourth-order valence-electron chi connectivity index (χ4n) is 2.37. The number of amidine groups is 1. The van der Waals surface area contributed by atoms with Crippen molar-refractivity contribution in [2.45, 2.75) is 25.7 Å². The van der Waals surface area contributed by atoms with Gasteiger partial charge in [-0.05, 0) is 40.9 Å². The van der Waals surface area contributed by atoms with E-state index in [9.17, 15) is 0 Å². The first-order valence-corrected chi connectivity index (χ1v) is 7.47. The zero-order valence-corrected chi connectivity index (χ0v) is 12.3. The molecule has 0 bridgehead atoms. The second-order valence-electron chi connectivity index (χ2n) is 4.79. The first-order valence-electron chi connectivity index (χ1n) is 6.67. The standard InChI is InChI=1S/C15H16BrN3/c16-12-9-11-5-4-6-13(15(11)18-10-12)19-14-7-2-1-3-8-17-14/h4-6,9-10H,1-3,7-8H2,(H,17,19). The van der Waals surface area contributed by atoms with Crippen LogP contribution >= 0.6 is 15.9 Å². The Morgan fingerprint density at radius 2 is 2.11 bits per heavy atom. The highest BCUT2D eigenvalue weighted by Crippen LogP contribution is 2.24. The van der Waals surface area contributed by atoms with Crippen LogP contribution in [0.15, 0.2) is 39.9 Å². The van der Waals surface area contributed by atoms with Crippen molar-refractivity contribution in [1.82, 2.24) is 4.98 Å². The zero-order valence-electron chi connectivity index (χ0n) is 10.7. The van der Waals surface area contributed by atoms with Crippen molar-refractivity contribution in [3.63, 3.8) is 0 Å². The third-order valence-corrected chi connectivity index (χ3v) is 3.76. The number of benzene rings is 1. The molecule has 1 N–H and O–H groups in total. The van der Waals surface area contributed by atoms with Crippen LogP contribution in [0, 0.1) is 0 Å². The maximum Gasteiger partial charge on any atom is 0.101 e. The van der Waals surface area contributed by atoms with Gasteiger partial charge in [-0.3, -0.25) is 9.98 Å². The second-order valence-corrected chi connectivity index (χ2v) is 5.71. The summed E-state index contributed by atoms with van der Waals surface area (Å²) in [7, 11) is 0. The van der Waals surface area contributed by atoms with Crippen LogP contribution in [0.1, 0.15) is 25.7 Å². The molecule has 98 valence electrons. The largest absolute Gasteiger partial charge is 0.342 e. The monoisotopic (exact) mass is 317 g/mol. The number of anilines is 1. The van der Waals surface area contributed by atoms with Crippen molar-refractivity contribution in [1.29, 1.82) is 0 Å². The Kier molecular flexibility index (Phi) is 3.78. The molecule has 0 aliphatic carbocycles. The molecule has 0 saturated carbocycles. The summed E-state index contributed by atoms with van der Waals surface area (Å²) < 4.78 is 1.00. The Hall–Kier alpha value is -1.42. The molecule has 1 aliphatic heterocycles. The lowest BCUT2D eigenvalue weighted by atomic mass is 10.1. The molecule has 0 fully saturated rings. The first kappa shape index (κ1) is 12.6. The molecular formula is C15H16BrN3. The number of nitrogens with one attached hydrogen (secondary N) is 1. The maximum absolute atomic E-state index is 4.61. The van der Waals surface area contributed by atoms with E-state index in [2.05, 4.69) is 55.5 Å². The van der Waals surface area contributed by atoms with E-state index in [0.29, 0.717) is 0 Å². The number of fused-ring (bicyclic) bond motifs is 1. The van der Waals surface area contributed by atoms with Gasteiger partial charge in [0.15, 0.2) is 0 Å². The number of aliphatic imine (C=N–C) groups is 1. The number of para-hydroxylation sites is 1. The average Bonchev–Trinajstić information content (AvgIpc) is 2.67. The molecule has 0 amide bonds. The van der Waals surface area contributed by atoms with Gasteiger partial charge in [-0.15, -0.1) is 0 Å². The van der Waals surface area contributed by atoms with Crippen LogP contribution in [0.3, 0.4) is 0 Å². The molecule has 0 saturated heterocycles. The third kappa shape index (κ3) is 2.95. The molecule has 1 aromatic heterocycles. The molecule has 0 unspecified atom stereocenters. The zero-order chi connectivity index (χ0) is 13.1. The van der Waals surface area contributed by atoms with Crippen molar-refractivity contribution in [3.8, 4) is 0 Å². The summed E-state index contributed by atoms with van der Waals surface area (Å²) in [5.74, 6) is 1.09. The summed E-state index contributed by atoms with van der Waals surface area (Å²) in [6.45, 7) is 0.937. The lowest BCUT2D eigenvalue weighted by Crippen LogP contribution is -2.12. The number of hydrogen-bond donors (Lipinski definition) is 1. The van der Waals surface area contributed by atoms with Crippen LogP contribution in [0.2, 0.25) is 0 Å². The number of pyridine rings is 1. The Labute approximate surface area is 121 Å². The number of halogens is 1. The minimum Gasteiger partial charge on any atom is -0.342 e. The highest BCUT2D eigenvalue weighted by Gasteiger charge is 2.07. The van der Waals surface area contributed by atoms with E-state index in [4.69, 9.17) is 0 Å². The highest BCUT2D eigenvalue weighted by atomic mass is 79.9. The SMILES string of the molecule is Brc1cnc2c(NC3=NCCCCC3)cccc2c1. The van der Waals surface area contributed by atoms with E-state index in [-0.39, 0.29) is 0 Å². The van der Waals surface area contributed by atoms with E-state index in [1.807, 2.05) is 6.20 Å². The van der Waals surface area contributed by atoms with Crippen molar-refractivity contribution >= 4 is 38.4 Å². The number of nitrogens with zero attached hydrogens (tertiary/aromatic N) is 2. The lowest BCUT2D eigenvalue weighted by molar-refractivity contribution is 0.731. The molecule has 0 spiro atoms. The van der Waals surface area contributed by atoms with Crippen molar-refractivity contribution < 1.29 is 0 Å². The number of aromatic nitrogens is 1. The topological polar surface area (TPSA) is 37.3 Å². The van der Waals surface area contributed by atoms with Gasteiger partial charge in [-0.25, -0.2) is 0 Å². The summed E-state index contributed by atoms with van der Waals surface area (Å²) >= 11 is 3.46. The molecule has 1 aromatic carbocycles. The van der Waals surface area contributed by atoms with Crippen molar-refractivity contribution in [2.75, 3.05) is 11.9 Å². The number of hydrogen-bond acceptors (Lipinski definition) is 3. The Balaban J connectivity index is 1.94. The predicted molar refractivity (Wildman–Crippen MR) is 83.8 cm³/mol. The molecule has 0 radical (unpaired) electrons. The summed E-state index contributed by atoms with van der Waals surface area (Å²) in [5.41, 5.74) is 2.04. The van der Waals surface area contributed by atoms with Crippen LogP contribution in [-0.2, 0) is 0 Å². The quantitative estimate of drug-likeness (QED) is 0.847. The molecule has 3 rings (SSSR count). The summed E-state index contributed by atoms with van der Waals surface area (Å²) in [5, 5.41) is 4.59. The molecule has 2 heterocycles. The van der Waals surface area contributed by atoms with Crippen LogP contribution in [0.4, 0.5) is 5.69 Å². The molecule has 19 heavy (non-hydrogen) atoms. The summed E-state index contributed by atoms with van der Waals surface area (Å²) in [4.78, 5) is 9.12. The van der Waals surface area contributed by atoms with Gasteiger partial charge in [0, 0.05) is 29.0 Å². The maximum atomic E-state index is 4.61. The third-order valence-electron chi connectivity index (χ3n) is 3.33. The Bertz CT molecular complexity index is 622. The minimum absolute atomic E-state index is 0.937. The lowest BCUT2D eigenvalue weighted by Gasteiger charge is -2.10. The smallest absolute Gasteiger partial charge is 0.101 e. The molecule has 1 aliphatic rings. The molecule has 2 aromatic rings. The van der Waals surface area contributed by atoms with Crippen molar-refractivity contribution in [2.24, 2.45) is 4.99 Å². The van der Waals surface area contributed by atoms with E-state index in [1.165, 1.54) is 19.3 Å². The van der Waals surface area contributed by atoms with E-state index >= 15 is 0 Å². The van der Waals surface area contributed by atoms with Crippen LogP contribution < -0.4 is 5.32 Å². The van der Waals surface area contributed by atoms with Crippen LogP contribution in [0.25, 0.3) is 10.9 Å². The van der Waals surface area contributed by atoms with Gasteiger partial charge in [-0.2, -0.15) is 0 Å².